The minimum atomic E-state index is -0.218. The van der Waals surface area contributed by atoms with Crippen LogP contribution in [0.4, 0.5) is 11.6 Å². The normalized spacial score (nSPS) is 12.2. The van der Waals surface area contributed by atoms with Crippen molar-refractivity contribution in [2.45, 2.75) is 25.9 Å². The van der Waals surface area contributed by atoms with Gasteiger partial charge in [0.25, 0.3) is 0 Å². The van der Waals surface area contributed by atoms with Crippen molar-refractivity contribution in [2.75, 3.05) is 24.2 Å². The molecule has 84 valence electrons. The molecule has 0 spiro atoms. The Morgan fingerprint density at radius 2 is 2.13 bits per heavy atom. The molecule has 0 aliphatic carbocycles. The molecule has 0 amide bonds. The Balaban J connectivity index is 2.37. The van der Waals surface area contributed by atoms with E-state index in [2.05, 4.69) is 15.6 Å². The number of hydrogen-bond donors (Lipinski definition) is 3. The first-order chi connectivity index (χ1) is 7.26. The van der Waals surface area contributed by atoms with Gasteiger partial charge in [-0.25, -0.2) is 4.98 Å². The molecule has 0 bridgehead atoms. The minimum absolute atomic E-state index is 0.218. The summed E-state index contributed by atoms with van der Waals surface area (Å²) in [6.07, 6.45) is 1.33. The second-order valence-corrected chi connectivity index (χ2v) is 3.44. The Morgan fingerprint density at radius 3 is 2.80 bits per heavy atom. The Kier molecular flexibility index (Phi) is 4.90. The molecule has 1 atom stereocenters. The fourth-order valence-electron chi connectivity index (χ4n) is 1.24. The zero-order valence-corrected chi connectivity index (χ0v) is 9.33. The molecule has 4 heteroatoms. The first-order valence-corrected chi connectivity index (χ1v) is 5.33. The molecule has 1 heterocycles. The van der Waals surface area contributed by atoms with Crippen LogP contribution in [0.5, 0.6) is 0 Å². The largest absolute Gasteiger partial charge is 0.393 e. The lowest BCUT2D eigenvalue weighted by molar-refractivity contribution is 0.164. The van der Waals surface area contributed by atoms with Gasteiger partial charge in [0.15, 0.2) is 0 Å². The molecule has 4 nitrogen and oxygen atoms in total. The molecule has 0 saturated carbocycles. The van der Waals surface area contributed by atoms with Gasteiger partial charge in [0, 0.05) is 13.6 Å². The zero-order valence-electron chi connectivity index (χ0n) is 9.33. The molecule has 3 N–H and O–H groups in total. The number of anilines is 2. The van der Waals surface area contributed by atoms with Gasteiger partial charge in [-0.15, -0.1) is 0 Å². The minimum Gasteiger partial charge on any atom is -0.393 e. The van der Waals surface area contributed by atoms with E-state index >= 15 is 0 Å². The van der Waals surface area contributed by atoms with Gasteiger partial charge in [-0.05, 0) is 25.0 Å². The summed E-state index contributed by atoms with van der Waals surface area (Å²) < 4.78 is 0. The molecule has 0 aliphatic heterocycles. The molecule has 1 unspecified atom stereocenters. The number of nitrogens with one attached hydrogen (secondary N) is 2. The van der Waals surface area contributed by atoms with E-state index in [0.29, 0.717) is 0 Å². The monoisotopic (exact) mass is 209 g/mol. The average molecular weight is 209 g/mol. The number of hydrogen-bond acceptors (Lipinski definition) is 4. The van der Waals surface area contributed by atoms with Gasteiger partial charge in [0.1, 0.15) is 11.6 Å². The fourth-order valence-corrected chi connectivity index (χ4v) is 1.24. The highest BCUT2D eigenvalue weighted by Crippen LogP contribution is 2.08. The van der Waals surface area contributed by atoms with E-state index in [4.69, 9.17) is 0 Å². The molecule has 1 aromatic heterocycles. The molecule has 0 aromatic carbocycles. The van der Waals surface area contributed by atoms with Crippen molar-refractivity contribution in [3.63, 3.8) is 0 Å². The van der Waals surface area contributed by atoms with Gasteiger partial charge >= 0.3 is 0 Å². The van der Waals surface area contributed by atoms with Gasteiger partial charge in [-0.3, -0.25) is 0 Å². The third-order valence-corrected chi connectivity index (χ3v) is 2.26. The van der Waals surface area contributed by atoms with E-state index < -0.39 is 0 Å². The van der Waals surface area contributed by atoms with Crippen LogP contribution >= 0.6 is 0 Å². The summed E-state index contributed by atoms with van der Waals surface area (Å²) >= 11 is 0. The second-order valence-electron chi connectivity index (χ2n) is 3.44. The van der Waals surface area contributed by atoms with Gasteiger partial charge in [0.05, 0.1) is 6.10 Å². The van der Waals surface area contributed by atoms with Crippen LogP contribution in [0, 0.1) is 0 Å². The lowest BCUT2D eigenvalue weighted by Gasteiger charge is -2.09. The van der Waals surface area contributed by atoms with Crippen LogP contribution in [0.3, 0.4) is 0 Å². The van der Waals surface area contributed by atoms with E-state index in [1.54, 1.807) is 0 Å². The highest BCUT2D eigenvalue weighted by Gasteiger charge is 2.00. The van der Waals surface area contributed by atoms with Crippen molar-refractivity contribution in [1.82, 2.24) is 4.98 Å². The molecule has 0 radical (unpaired) electrons. The van der Waals surface area contributed by atoms with Crippen LogP contribution in [0.15, 0.2) is 18.2 Å². The van der Waals surface area contributed by atoms with Crippen molar-refractivity contribution < 1.29 is 5.11 Å². The average Bonchev–Trinajstić information content (AvgIpc) is 2.29. The maximum atomic E-state index is 9.36. The standard InChI is InChI=1S/C11H19N3O/c1-3-9(15)7-8-13-11-6-4-5-10(12-2)14-11/h4-6,9,15H,3,7-8H2,1-2H3,(H2,12,13,14). The van der Waals surface area contributed by atoms with Crippen molar-refractivity contribution in [2.24, 2.45) is 0 Å². The van der Waals surface area contributed by atoms with Crippen LogP contribution in [0.25, 0.3) is 0 Å². The van der Waals surface area contributed by atoms with Gasteiger partial charge in [-0.1, -0.05) is 13.0 Å². The fraction of sp³-hybridized carbons (Fsp3) is 0.545. The van der Waals surface area contributed by atoms with Crippen molar-refractivity contribution >= 4 is 11.6 Å². The van der Waals surface area contributed by atoms with E-state index in [1.807, 2.05) is 32.2 Å². The number of aliphatic hydroxyl groups is 1. The van der Waals surface area contributed by atoms with Gasteiger partial charge in [0.2, 0.25) is 0 Å². The van der Waals surface area contributed by atoms with E-state index in [-0.39, 0.29) is 6.10 Å². The molecule has 1 aromatic rings. The summed E-state index contributed by atoms with van der Waals surface area (Å²) in [7, 11) is 1.84. The van der Waals surface area contributed by atoms with E-state index in [0.717, 1.165) is 31.0 Å². The van der Waals surface area contributed by atoms with E-state index in [1.165, 1.54) is 0 Å². The first-order valence-electron chi connectivity index (χ1n) is 5.33. The van der Waals surface area contributed by atoms with Gasteiger partial charge in [-0.2, -0.15) is 0 Å². The Morgan fingerprint density at radius 1 is 1.40 bits per heavy atom. The Labute approximate surface area is 90.7 Å². The van der Waals surface area contributed by atoms with Crippen molar-refractivity contribution in [3.05, 3.63) is 18.2 Å². The smallest absolute Gasteiger partial charge is 0.128 e. The molecular weight excluding hydrogens is 190 g/mol. The van der Waals surface area contributed by atoms with Crippen LogP contribution in [0.1, 0.15) is 19.8 Å². The maximum Gasteiger partial charge on any atom is 0.128 e. The lowest BCUT2D eigenvalue weighted by atomic mass is 10.2. The molecule has 0 saturated heterocycles. The van der Waals surface area contributed by atoms with Crippen molar-refractivity contribution in [1.29, 1.82) is 0 Å². The predicted octanol–water partition coefficient (Wildman–Crippen LogP) is 1.70. The number of aromatic nitrogens is 1. The molecule has 0 aliphatic rings. The quantitative estimate of drug-likeness (QED) is 0.667. The summed E-state index contributed by atoms with van der Waals surface area (Å²) in [4.78, 5) is 4.31. The summed E-state index contributed by atoms with van der Waals surface area (Å²) in [5.41, 5.74) is 0. The van der Waals surface area contributed by atoms with E-state index in [9.17, 15) is 5.11 Å². The third kappa shape index (κ3) is 4.16. The highest BCUT2D eigenvalue weighted by atomic mass is 16.3. The Hall–Kier alpha value is -1.29. The number of nitrogens with zero attached hydrogens (tertiary/aromatic N) is 1. The molecular formula is C11H19N3O. The first kappa shape index (κ1) is 11.8. The summed E-state index contributed by atoms with van der Waals surface area (Å²) in [5.74, 6) is 1.68. The molecule has 0 fully saturated rings. The number of rotatable bonds is 6. The third-order valence-electron chi connectivity index (χ3n) is 2.26. The number of pyridine rings is 1. The van der Waals surface area contributed by atoms with Crippen LogP contribution in [-0.4, -0.2) is 29.8 Å². The van der Waals surface area contributed by atoms with Crippen LogP contribution in [0.2, 0.25) is 0 Å². The second kappa shape index (κ2) is 6.24. The molecule has 1 rings (SSSR count). The summed E-state index contributed by atoms with van der Waals surface area (Å²) in [5, 5.41) is 15.5. The summed E-state index contributed by atoms with van der Waals surface area (Å²) in [6, 6.07) is 5.77. The van der Waals surface area contributed by atoms with Crippen molar-refractivity contribution in [3.8, 4) is 0 Å². The highest BCUT2D eigenvalue weighted by molar-refractivity contribution is 5.44. The summed E-state index contributed by atoms with van der Waals surface area (Å²) in [6.45, 7) is 2.72. The van der Waals surface area contributed by atoms with Crippen LogP contribution in [-0.2, 0) is 0 Å². The lowest BCUT2D eigenvalue weighted by Crippen LogP contribution is -2.13. The topological polar surface area (TPSA) is 57.2 Å². The SMILES string of the molecule is CCC(O)CCNc1cccc(NC)n1. The predicted molar refractivity (Wildman–Crippen MR) is 63.2 cm³/mol. The number of aliphatic hydroxyl groups excluding tert-OH is 1. The maximum absolute atomic E-state index is 9.36. The van der Waals surface area contributed by atoms with Gasteiger partial charge < -0.3 is 15.7 Å². The Bertz CT molecular complexity index is 291. The van der Waals surface area contributed by atoms with Crippen LogP contribution < -0.4 is 10.6 Å². The molecule has 15 heavy (non-hydrogen) atoms. The zero-order chi connectivity index (χ0) is 11.1.